The van der Waals surface area contributed by atoms with Crippen LogP contribution >= 0.6 is 11.3 Å². The molecule has 4 nitrogen and oxygen atoms in total. The van der Waals surface area contributed by atoms with Crippen LogP contribution in [-0.4, -0.2) is 28.9 Å². The number of carbonyl (C=O) groups excluding carboxylic acids is 1. The van der Waals surface area contributed by atoms with Gasteiger partial charge in [0.2, 0.25) is 0 Å². The van der Waals surface area contributed by atoms with Gasteiger partial charge in [0.1, 0.15) is 12.4 Å². The van der Waals surface area contributed by atoms with Crippen molar-refractivity contribution >= 4 is 17.2 Å². The lowest BCUT2D eigenvalue weighted by Gasteiger charge is -2.27. The Morgan fingerprint density at radius 2 is 1.79 bits per heavy atom. The van der Waals surface area contributed by atoms with Crippen molar-refractivity contribution in [3.63, 3.8) is 0 Å². The van der Waals surface area contributed by atoms with E-state index in [9.17, 15) is 4.79 Å². The summed E-state index contributed by atoms with van der Waals surface area (Å²) in [5, 5.41) is 3.45. The van der Waals surface area contributed by atoms with E-state index in [-0.39, 0.29) is 5.91 Å². The summed E-state index contributed by atoms with van der Waals surface area (Å²) in [6, 6.07) is 14.2. The molecule has 1 aliphatic heterocycles. The molecule has 3 aromatic rings. The molecule has 34 heavy (non-hydrogen) atoms. The molecule has 2 aromatic carbocycles. The third kappa shape index (κ3) is 5.20. The maximum absolute atomic E-state index is 12.8. The van der Waals surface area contributed by atoms with Gasteiger partial charge in [0.15, 0.2) is 0 Å². The van der Waals surface area contributed by atoms with Gasteiger partial charge in [0.25, 0.3) is 5.91 Å². The number of aromatic nitrogens is 1. The van der Waals surface area contributed by atoms with E-state index in [1.165, 1.54) is 43.5 Å². The second-order valence-electron chi connectivity index (χ2n) is 9.68. The number of piperidine rings is 1. The van der Waals surface area contributed by atoms with E-state index in [0.717, 1.165) is 59.6 Å². The van der Waals surface area contributed by atoms with Gasteiger partial charge in [-0.25, -0.2) is 4.98 Å². The molecule has 0 N–H and O–H groups in total. The number of nitrogens with zero attached hydrogens (tertiary/aromatic N) is 2. The van der Waals surface area contributed by atoms with Crippen LogP contribution in [0.3, 0.4) is 0 Å². The van der Waals surface area contributed by atoms with E-state index < -0.39 is 0 Å². The number of ether oxygens (including phenoxy) is 1. The highest BCUT2D eigenvalue weighted by molar-refractivity contribution is 7.10. The molecule has 178 valence electrons. The lowest BCUT2D eigenvalue weighted by atomic mass is 9.90. The summed E-state index contributed by atoms with van der Waals surface area (Å²) in [5.74, 6) is 1.63. The van der Waals surface area contributed by atoms with Crippen molar-refractivity contribution in [1.82, 2.24) is 9.88 Å². The number of carbonyl (C=O) groups is 1. The van der Waals surface area contributed by atoms with Gasteiger partial charge >= 0.3 is 0 Å². The van der Waals surface area contributed by atoms with Crippen LogP contribution in [-0.2, 0) is 6.61 Å². The Balaban J connectivity index is 1.28. The molecule has 2 heterocycles. The number of likely N-dealkylation sites (tertiary alicyclic amines) is 1. The summed E-state index contributed by atoms with van der Waals surface area (Å²) in [7, 11) is 0. The normalized spacial score (nSPS) is 17.0. The molecular formula is C29H34N2O2S. The zero-order valence-corrected chi connectivity index (χ0v) is 20.9. The van der Waals surface area contributed by atoms with Gasteiger partial charge in [0.05, 0.1) is 10.7 Å². The number of para-hydroxylation sites is 1. The first-order valence-electron chi connectivity index (χ1n) is 12.8. The Morgan fingerprint density at radius 3 is 2.59 bits per heavy atom. The summed E-state index contributed by atoms with van der Waals surface area (Å²) in [5.41, 5.74) is 5.04. The highest BCUT2D eigenvalue weighted by Crippen LogP contribution is 2.38. The van der Waals surface area contributed by atoms with E-state index in [1.54, 1.807) is 11.3 Å². The molecule has 1 aromatic heterocycles. The Bertz CT molecular complexity index is 1130. The van der Waals surface area contributed by atoms with Gasteiger partial charge in [-0.3, -0.25) is 4.79 Å². The van der Waals surface area contributed by atoms with Crippen LogP contribution in [0.15, 0.2) is 47.8 Å². The Kier molecular flexibility index (Phi) is 7.29. The first-order chi connectivity index (χ1) is 16.7. The minimum absolute atomic E-state index is 0.151. The molecule has 1 saturated heterocycles. The van der Waals surface area contributed by atoms with Gasteiger partial charge in [-0.2, -0.15) is 0 Å². The van der Waals surface area contributed by atoms with Crippen molar-refractivity contribution < 1.29 is 9.53 Å². The Labute approximate surface area is 207 Å². The number of hydrogen-bond acceptors (Lipinski definition) is 4. The first-order valence-corrected chi connectivity index (χ1v) is 13.6. The summed E-state index contributed by atoms with van der Waals surface area (Å²) < 4.78 is 6.30. The van der Waals surface area contributed by atoms with Crippen molar-refractivity contribution in [2.24, 2.45) is 0 Å². The van der Waals surface area contributed by atoms with Crippen molar-refractivity contribution in [2.45, 2.75) is 70.8 Å². The minimum Gasteiger partial charge on any atom is -0.488 e. The number of hydrogen-bond donors (Lipinski definition) is 0. The molecule has 2 aliphatic rings. The SMILES string of the molecule is Cc1cc(C(=O)N2CCCCC2)ccc1COc1ccccc1-c1csc(C2CCCCC2)n1. The van der Waals surface area contributed by atoms with E-state index >= 15 is 0 Å². The molecule has 0 atom stereocenters. The maximum Gasteiger partial charge on any atom is 0.253 e. The Morgan fingerprint density at radius 1 is 1.03 bits per heavy atom. The van der Waals surface area contributed by atoms with Crippen LogP contribution in [0.25, 0.3) is 11.3 Å². The van der Waals surface area contributed by atoms with E-state index in [2.05, 4.69) is 18.4 Å². The molecule has 0 bridgehead atoms. The van der Waals surface area contributed by atoms with Crippen LogP contribution in [0, 0.1) is 6.92 Å². The van der Waals surface area contributed by atoms with Gasteiger partial charge in [-0.05, 0) is 74.4 Å². The maximum atomic E-state index is 12.8. The van der Waals surface area contributed by atoms with Crippen molar-refractivity contribution in [3.05, 3.63) is 69.5 Å². The summed E-state index contributed by atoms with van der Waals surface area (Å²) in [6.07, 6.45) is 9.97. The van der Waals surface area contributed by atoms with E-state index in [1.807, 2.05) is 41.3 Å². The molecule has 5 heteroatoms. The lowest BCUT2D eigenvalue weighted by Crippen LogP contribution is -2.35. The smallest absolute Gasteiger partial charge is 0.253 e. The highest BCUT2D eigenvalue weighted by Gasteiger charge is 2.21. The van der Waals surface area contributed by atoms with Gasteiger partial charge in [-0.1, -0.05) is 37.5 Å². The predicted molar refractivity (Wildman–Crippen MR) is 139 cm³/mol. The number of amides is 1. The number of aryl methyl sites for hydroxylation is 1. The van der Waals surface area contributed by atoms with Crippen LogP contribution in [0.2, 0.25) is 0 Å². The second-order valence-corrected chi connectivity index (χ2v) is 10.6. The summed E-state index contributed by atoms with van der Waals surface area (Å²) in [6.45, 7) is 4.28. The van der Waals surface area contributed by atoms with Crippen molar-refractivity contribution in [3.8, 4) is 17.0 Å². The number of thiazole rings is 1. The monoisotopic (exact) mass is 474 g/mol. The number of rotatable bonds is 6. The third-order valence-corrected chi connectivity index (χ3v) is 8.26. The first kappa shape index (κ1) is 23.1. The lowest BCUT2D eigenvalue weighted by molar-refractivity contribution is 0.0724. The standard InChI is InChI=1S/C29H34N2O2S/c1-21-18-23(29(32)31-16-8-3-9-17-31)14-15-24(21)19-33-27-13-7-6-12-25(27)26-20-34-28(30-26)22-10-4-2-5-11-22/h6-7,12-15,18,20,22H,2-5,8-11,16-17,19H2,1H3. The van der Waals surface area contributed by atoms with E-state index in [0.29, 0.717) is 12.5 Å². The Hall–Kier alpha value is -2.66. The third-order valence-electron chi connectivity index (χ3n) is 7.26. The fourth-order valence-electron chi connectivity index (χ4n) is 5.18. The largest absolute Gasteiger partial charge is 0.488 e. The minimum atomic E-state index is 0.151. The fourth-order valence-corrected chi connectivity index (χ4v) is 6.17. The molecule has 1 aliphatic carbocycles. The molecule has 1 saturated carbocycles. The molecule has 1 amide bonds. The zero-order valence-electron chi connectivity index (χ0n) is 20.1. The topological polar surface area (TPSA) is 42.4 Å². The molecule has 5 rings (SSSR count). The van der Waals surface area contributed by atoms with Gasteiger partial charge in [-0.15, -0.1) is 11.3 Å². The number of benzene rings is 2. The van der Waals surface area contributed by atoms with Crippen LogP contribution in [0.5, 0.6) is 5.75 Å². The molecule has 0 unspecified atom stereocenters. The van der Waals surface area contributed by atoms with Crippen molar-refractivity contribution in [2.75, 3.05) is 13.1 Å². The summed E-state index contributed by atoms with van der Waals surface area (Å²) in [4.78, 5) is 19.8. The molecule has 2 fully saturated rings. The van der Waals surface area contributed by atoms with Gasteiger partial charge in [0, 0.05) is 35.5 Å². The molecule has 0 spiro atoms. The quantitative estimate of drug-likeness (QED) is 0.374. The summed E-state index contributed by atoms with van der Waals surface area (Å²) >= 11 is 1.79. The molecule has 0 radical (unpaired) electrons. The van der Waals surface area contributed by atoms with Crippen LogP contribution < -0.4 is 4.74 Å². The predicted octanol–water partition coefficient (Wildman–Crippen LogP) is 7.37. The average molecular weight is 475 g/mol. The fraction of sp³-hybridized carbons (Fsp3) is 0.448. The zero-order chi connectivity index (χ0) is 23.3. The molecular weight excluding hydrogens is 440 g/mol. The highest BCUT2D eigenvalue weighted by atomic mass is 32.1. The van der Waals surface area contributed by atoms with E-state index in [4.69, 9.17) is 9.72 Å². The van der Waals surface area contributed by atoms with Crippen LogP contribution in [0.4, 0.5) is 0 Å². The van der Waals surface area contributed by atoms with Crippen molar-refractivity contribution in [1.29, 1.82) is 0 Å². The second kappa shape index (κ2) is 10.7. The van der Waals surface area contributed by atoms with Gasteiger partial charge < -0.3 is 9.64 Å². The van der Waals surface area contributed by atoms with Crippen LogP contribution in [0.1, 0.15) is 83.8 Å². The average Bonchev–Trinajstić information content (AvgIpc) is 3.39.